The second-order valence-electron chi connectivity index (χ2n) is 17.4. The van der Waals surface area contributed by atoms with Crippen molar-refractivity contribution in [3.63, 3.8) is 0 Å². The lowest BCUT2D eigenvalue weighted by Crippen LogP contribution is -2.59. The summed E-state index contributed by atoms with van der Waals surface area (Å²) in [6.45, 7) is 6.21. The van der Waals surface area contributed by atoms with Crippen molar-refractivity contribution in [3.05, 3.63) is 40.1 Å². The van der Waals surface area contributed by atoms with Gasteiger partial charge >= 0.3 is 6.09 Å². The molecule has 1 aromatic heterocycles. The number of aromatic nitrogens is 1. The molecule has 19 heteroatoms. The fraction of sp³-hybridized carbons (Fsp3) is 0.600. The summed E-state index contributed by atoms with van der Waals surface area (Å²) < 4.78 is 74.4. The molecule has 7 rings (SSSR count). The standard InChI is InChI=1S/C40H49ClF2N6O9S/c1-37(2,3)58-36(53)46-24-12-10-8-6-7-9-11-22-31(44)40(22,35(52)48-59(54,55)38(4)17-18-38)47-33(50)25-19-39(20-49(25)34(24)51)16-15-21-27-23(13-14-26(56-5)28(27)41)45-29(32(42)43)30(21)57-39/h11,13-14,24-25,32,44H,6-10,12,15-20H2,1-5H3,(H,46,53)(H,47,50)(H,48,52). The van der Waals surface area contributed by atoms with Crippen LogP contribution in [0.2, 0.25) is 5.02 Å². The number of ether oxygens (including phenoxy) is 3. The van der Waals surface area contributed by atoms with Crippen molar-refractivity contribution < 1.29 is 50.6 Å². The Kier molecular flexibility index (Phi) is 10.9. The Hall–Kier alpha value is -4.58. The monoisotopic (exact) mass is 862 g/mol. The third kappa shape index (κ3) is 7.82. The van der Waals surface area contributed by atoms with Gasteiger partial charge in [-0.1, -0.05) is 36.9 Å². The van der Waals surface area contributed by atoms with Crippen molar-refractivity contribution in [3.8, 4) is 11.5 Å². The molecule has 5 aliphatic rings. The van der Waals surface area contributed by atoms with E-state index in [9.17, 15) is 36.4 Å². The fourth-order valence-corrected chi connectivity index (χ4v) is 9.97. The van der Waals surface area contributed by atoms with Crippen LogP contribution in [0.15, 0.2) is 23.8 Å². The second kappa shape index (κ2) is 15.2. The lowest BCUT2D eigenvalue weighted by Gasteiger charge is -2.37. The summed E-state index contributed by atoms with van der Waals surface area (Å²) in [7, 11) is -2.78. The Balaban J connectivity index is 1.29. The highest BCUT2D eigenvalue weighted by Crippen LogP contribution is 2.50. The number of halogens is 3. The van der Waals surface area contributed by atoms with Crippen LogP contribution in [-0.2, 0) is 35.6 Å². The van der Waals surface area contributed by atoms with Crippen LogP contribution in [0.3, 0.4) is 0 Å². The van der Waals surface area contributed by atoms with Gasteiger partial charge in [-0.05, 0) is 84.8 Å². The molecule has 59 heavy (non-hydrogen) atoms. The van der Waals surface area contributed by atoms with Crippen molar-refractivity contribution in [1.82, 2.24) is 25.2 Å². The van der Waals surface area contributed by atoms with Gasteiger partial charge < -0.3 is 35.2 Å². The third-order valence-electron chi connectivity index (χ3n) is 11.9. The van der Waals surface area contributed by atoms with Gasteiger partial charge in [0.2, 0.25) is 21.8 Å². The van der Waals surface area contributed by atoms with E-state index in [0.717, 1.165) is 0 Å². The number of amides is 4. The van der Waals surface area contributed by atoms with Gasteiger partial charge in [-0.15, -0.1) is 0 Å². The number of allylic oxidation sites excluding steroid dienone is 1. The topological polar surface area (TPSA) is 206 Å². The number of carbonyl (C=O) groups excluding carboxylic acids is 4. The van der Waals surface area contributed by atoms with Gasteiger partial charge in [0.15, 0.2) is 11.3 Å². The van der Waals surface area contributed by atoms with E-state index in [1.807, 2.05) is 0 Å². The van der Waals surface area contributed by atoms with Crippen LogP contribution in [0.1, 0.15) is 110 Å². The van der Waals surface area contributed by atoms with Crippen LogP contribution < -0.4 is 24.8 Å². The van der Waals surface area contributed by atoms with Crippen molar-refractivity contribution >= 4 is 62.1 Å². The first-order chi connectivity index (χ1) is 27.7. The minimum atomic E-state index is -4.19. The lowest BCUT2D eigenvalue weighted by molar-refractivity contribution is -0.141. The molecule has 4 amide bonds. The zero-order chi connectivity index (χ0) is 42.9. The molecule has 1 spiro atoms. The maximum Gasteiger partial charge on any atom is 0.408 e. The van der Waals surface area contributed by atoms with Crippen molar-refractivity contribution in [2.24, 2.45) is 0 Å². The molecule has 4 atom stereocenters. The lowest BCUT2D eigenvalue weighted by atomic mass is 9.87. The number of pyridine rings is 1. The van der Waals surface area contributed by atoms with Crippen molar-refractivity contribution in [2.45, 2.75) is 138 Å². The van der Waals surface area contributed by atoms with E-state index in [-0.39, 0.29) is 59.8 Å². The Morgan fingerprint density at radius 2 is 1.85 bits per heavy atom. The fourth-order valence-electron chi connectivity index (χ4n) is 8.34. The molecule has 3 aliphatic heterocycles. The molecule has 4 N–H and O–H groups in total. The van der Waals surface area contributed by atoms with E-state index in [2.05, 4.69) is 20.3 Å². The molecule has 320 valence electrons. The molecule has 2 aromatic rings. The van der Waals surface area contributed by atoms with Crippen LogP contribution in [0.25, 0.3) is 10.9 Å². The molecular formula is C40H49ClF2N6O9S. The zero-order valence-electron chi connectivity index (χ0n) is 33.6. The number of hydrogen-bond acceptors (Lipinski definition) is 11. The first-order valence-electron chi connectivity index (χ1n) is 19.8. The Bertz CT molecular complexity index is 2280. The summed E-state index contributed by atoms with van der Waals surface area (Å²) in [5.74, 6) is -2.66. The largest absolute Gasteiger partial charge is 0.495 e. The number of alkyl halides is 2. The Morgan fingerprint density at radius 1 is 1.14 bits per heavy atom. The highest BCUT2D eigenvalue weighted by Gasteiger charge is 2.66. The van der Waals surface area contributed by atoms with Gasteiger partial charge in [-0.25, -0.2) is 31.7 Å². The van der Waals surface area contributed by atoms with E-state index in [4.69, 9.17) is 31.2 Å². The van der Waals surface area contributed by atoms with Gasteiger partial charge in [-0.2, -0.15) is 0 Å². The molecule has 3 fully saturated rings. The first-order valence-corrected chi connectivity index (χ1v) is 21.7. The number of sulfonamides is 1. The van der Waals surface area contributed by atoms with E-state index in [1.54, 1.807) is 26.8 Å². The van der Waals surface area contributed by atoms with Crippen molar-refractivity contribution in [1.29, 1.82) is 5.41 Å². The molecule has 1 aromatic carbocycles. The number of fused-ring (bicyclic) bond motifs is 5. The molecule has 4 unspecified atom stereocenters. The van der Waals surface area contributed by atoms with E-state index in [1.165, 1.54) is 31.1 Å². The number of benzene rings is 1. The van der Waals surface area contributed by atoms with Gasteiger partial charge in [-0.3, -0.25) is 14.4 Å². The Morgan fingerprint density at radius 3 is 2.51 bits per heavy atom. The van der Waals surface area contributed by atoms with Gasteiger partial charge in [0, 0.05) is 22.9 Å². The number of alkyl carbamates (subject to hydrolysis) is 1. The molecular weight excluding hydrogens is 814 g/mol. The highest BCUT2D eigenvalue weighted by molar-refractivity contribution is 7.91. The molecule has 4 heterocycles. The summed E-state index contributed by atoms with van der Waals surface area (Å²) in [5, 5.41) is 14.7. The molecule has 0 bridgehead atoms. The second-order valence-corrected chi connectivity index (χ2v) is 19.9. The quantitative estimate of drug-likeness (QED) is 0.285. The number of carbonyl (C=O) groups is 4. The molecule has 1 saturated heterocycles. The summed E-state index contributed by atoms with van der Waals surface area (Å²) in [6.07, 6.45) is 1.43. The van der Waals surface area contributed by atoms with Gasteiger partial charge in [0.1, 0.15) is 34.7 Å². The summed E-state index contributed by atoms with van der Waals surface area (Å²) in [5.41, 5.74) is -4.75. The molecule has 15 nitrogen and oxygen atoms in total. The number of rotatable bonds is 6. The normalized spacial score (nSPS) is 27.0. The zero-order valence-corrected chi connectivity index (χ0v) is 35.1. The average Bonchev–Trinajstić information content (AvgIpc) is 4.00. The van der Waals surface area contributed by atoms with E-state index in [0.29, 0.717) is 61.6 Å². The predicted octanol–water partition coefficient (Wildman–Crippen LogP) is 5.56. The maximum absolute atomic E-state index is 14.8. The highest BCUT2D eigenvalue weighted by atomic mass is 35.5. The first kappa shape index (κ1) is 42.5. The van der Waals surface area contributed by atoms with E-state index >= 15 is 0 Å². The molecule has 2 saturated carbocycles. The number of methoxy groups -OCH3 is 1. The smallest absolute Gasteiger partial charge is 0.408 e. The number of hydrogen-bond donors (Lipinski definition) is 4. The SMILES string of the molecule is COc1ccc2nc(C(F)F)c3c(c2c1Cl)CCC1(CC2C(=O)NC4(C(=O)NS(=O)(=O)C5(C)CC5)C(=N)C4=CCCCCCCC(NC(=O)OC(C)(C)C)C(=O)N2C1)O3. The van der Waals surface area contributed by atoms with Gasteiger partial charge in [0.25, 0.3) is 12.3 Å². The van der Waals surface area contributed by atoms with Crippen molar-refractivity contribution in [2.75, 3.05) is 13.7 Å². The molecule has 2 aliphatic carbocycles. The molecule has 0 radical (unpaired) electrons. The minimum Gasteiger partial charge on any atom is -0.495 e. The van der Waals surface area contributed by atoms with Crippen LogP contribution in [0.4, 0.5) is 13.6 Å². The van der Waals surface area contributed by atoms with Gasteiger partial charge in [0.05, 0.1) is 34.7 Å². The van der Waals surface area contributed by atoms with E-state index < -0.39 is 79.5 Å². The van der Waals surface area contributed by atoms with Crippen LogP contribution >= 0.6 is 11.6 Å². The number of nitrogens with one attached hydrogen (secondary N) is 4. The average molecular weight is 863 g/mol. The third-order valence-corrected chi connectivity index (χ3v) is 14.5. The maximum atomic E-state index is 14.8. The number of aryl methyl sites for hydroxylation is 1. The minimum absolute atomic E-state index is 0.122. The van der Waals surface area contributed by atoms with Crippen LogP contribution in [-0.4, -0.2) is 95.1 Å². The van der Waals surface area contributed by atoms with Crippen LogP contribution in [0, 0.1) is 5.41 Å². The number of nitrogens with zero attached hydrogens (tertiary/aromatic N) is 2. The predicted molar refractivity (Wildman–Crippen MR) is 212 cm³/mol. The van der Waals surface area contributed by atoms with Crippen LogP contribution in [0.5, 0.6) is 11.5 Å². The summed E-state index contributed by atoms with van der Waals surface area (Å²) in [4.78, 5) is 62.0. The summed E-state index contributed by atoms with van der Waals surface area (Å²) in [6, 6.07) is 0.429. The summed E-state index contributed by atoms with van der Waals surface area (Å²) >= 11 is 6.71. The Labute approximate surface area is 345 Å².